The molecule has 8 heteroatoms. The SMILES string of the molecule is O=c1ccc([N+](=O)[O-])cn1Cc1csc(-c2cccs2)n1. The van der Waals surface area contributed by atoms with E-state index in [0.717, 1.165) is 9.88 Å². The topological polar surface area (TPSA) is 78.0 Å². The van der Waals surface area contributed by atoms with E-state index in [1.54, 1.807) is 11.3 Å². The van der Waals surface area contributed by atoms with E-state index in [1.807, 2.05) is 22.9 Å². The first kappa shape index (κ1) is 13.7. The molecule has 0 aliphatic rings. The molecule has 0 atom stereocenters. The van der Waals surface area contributed by atoms with Crippen LogP contribution in [-0.4, -0.2) is 14.5 Å². The van der Waals surface area contributed by atoms with Gasteiger partial charge in [-0.3, -0.25) is 14.9 Å². The third-order valence-corrected chi connectivity index (χ3v) is 4.72. The van der Waals surface area contributed by atoms with E-state index in [4.69, 9.17) is 0 Å². The molecule has 0 fully saturated rings. The van der Waals surface area contributed by atoms with Crippen LogP contribution in [0.5, 0.6) is 0 Å². The minimum Gasteiger partial charge on any atom is -0.303 e. The maximum atomic E-state index is 11.8. The number of aromatic nitrogens is 2. The van der Waals surface area contributed by atoms with Gasteiger partial charge in [-0.15, -0.1) is 22.7 Å². The Bertz CT molecular complexity index is 836. The summed E-state index contributed by atoms with van der Waals surface area (Å²) in [6, 6.07) is 6.33. The molecule has 0 aliphatic carbocycles. The van der Waals surface area contributed by atoms with Gasteiger partial charge in [0.2, 0.25) is 0 Å². The Balaban J connectivity index is 1.89. The highest BCUT2D eigenvalue weighted by Gasteiger charge is 2.10. The molecule has 0 aliphatic heterocycles. The van der Waals surface area contributed by atoms with Gasteiger partial charge in [-0.1, -0.05) is 6.07 Å². The van der Waals surface area contributed by atoms with Gasteiger partial charge in [0, 0.05) is 17.5 Å². The molecule has 3 rings (SSSR count). The van der Waals surface area contributed by atoms with Gasteiger partial charge in [-0.25, -0.2) is 4.98 Å². The number of hydrogen-bond acceptors (Lipinski definition) is 6. The molecule has 0 amide bonds. The van der Waals surface area contributed by atoms with Crippen LogP contribution < -0.4 is 5.56 Å². The number of hydrogen-bond donors (Lipinski definition) is 0. The quantitative estimate of drug-likeness (QED) is 0.547. The summed E-state index contributed by atoms with van der Waals surface area (Å²) in [6.45, 7) is 0.225. The first-order valence-corrected chi connectivity index (χ1v) is 7.72. The van der Waals surface area contributed by atoms with Gasteiger partial charge in [-0.05, 0) is 11.4 Å². The van der Waals surface area contributed by atoms with Crippen molar-refractivity contribution in [3.05, 3.63) is 67.4 Å². The Labute approximate surface area is 127 Å². The highest BCUT2D eigenvalue weighted by atomic mass is 32.1. The molecule has 106 valence electrons. The largest absolute Gasteiger partial charge is 0.303 e. The number of pyridine rings is 1. The molecule has 0 aromatic carbocycles. The van der Waals surface area contributed by atoms with E-state index in [2.05, 4.69) is 4.98 Å². The van der Waals surface area contributed by atoms with Crippen molar-refractivity contribution in [2.75, 3.05) is 0 Å². The van der Waals surface area contributed by atoms with Crippen molar-refractivity contribution in [2.45, 2.75) is 6.54 Å². The van der Waals surface area contributed by atoms with Crippen molar-refractivity contribution in [2.24, 2.45) is 0 Å². The fraction of sp³-hybridized carbons (Fsp3) is 0.0769. The van der Waals surface area contributed by atoms with Crippen molar-refractivity contribution < 1.29 is 4.92 Å². The first-order valence-electron chi connectivity index (χ1n) is 5.96. The van der Waals surface area contributed by atoms with Crippen LogP contribution in [0.3, 0.4) is 0 Å². The second-order valence-corrected chi connectivity index (χ2v) is 6.04. The van der Waals surface area contributed by atoms with Gasteiger partial charge >= 0.3 is 0 Å². The van der Waals surface area contributed by atoms with Crippen LogP contribution in [0.25, 0.3) is 9.88 Å². The predicted molar refractivity (Wildman–Crippen MR) is 81.9 cm³/mol. The predicted octanol–water partition coefficient (Wildman–Crippen LogP) is 2.99. The summed E-state index contributed by atoms with van der Waals surface area (Å²) in [4.78, 5) is 27.5. The van der Waals surface area contributed by atoms with Gasteiger partial charge in [0.15, 0.2) is 0 Å². The lowest BCUT2D eigenvalue weighted by atomic mass is 10.4. The lowest BCUT2D eigenvalue weighted by molar-refractivity contribution is -0.385. The summed E-state index contributed by atoms with van der Waals surface area (Å²) in [6.07, 6.45) is 1.24. The van der Waals surface area contributed by atoms with E-state index >= 15 is 0 Å². The Morgan fingerprint density at radius 2 is 2.14 bits per heavy atom. The zero-order valence-corrected chi connectivity index (χ0v) is 12.3. The summed E-state index contributed by atoms with van der Waals surface area (Å²) in [7, 11) is 0. The first-order chi connectivity index (χ1) is 10.1. The second kappa shape index (κ2) is 5.58. The summed E-state index contributed by atoms with van der Waals surface area (Å²) in [5, 5.41) is 15.5. The molecule has 0 unspecified atom stereocenters. The number of rotatable bonds is 4. The van der Waals surface area contributed by atoms with Crippen LogP contribution in [0.15, 0.2) is 46.0 Å². The summed E-state index contributed by atoms with van der Waals surface area (Å²) in [5.41, 5.74) is 0.320. The van der Waals surface area contributed by atoms with E-state index in [9.17, 15) is 14.9 Å². The van der Waals surface area contributed by atoms with Crippen LogP contribution in [0.1, 0.15) is 5.69 Å². The second-order valence-electron chi connectivity index (χ2n) is 4.23. The molecule has 0 saturated carbocycles. The smallest absolute Gasteiger partial charge is 0.285 e. The van der Waals surface area contributed by atoms with E-state index in [1.165, 1.54) is 34.2 Å². The standard InChI is InChI=1S/C13H9N3O3S2/c17-12-4-3-10(16(18)19)7-15(12)6-9-8-21-13(14-9)11-2-1-5-20-11/h1-5,7-8H,6H2. The summed E-state index contributed by atoms with van der Waals surface area (Å²) in [5.74, 6) is 0. The van der Waals surface area contributed by atoms with Gasteiger partial charge in [-0.2, -0.15) is 0 Å². The Kier molecular flexibility index (Phi) is 3.63. The van der Waals surface area contributed by atoms with Crippen LogP contribution in [0.2, 0.25) is 0 Å². The minimum absolute atomic E-state index is 0.108. The Hall–Kier alpha value is -2.32. The molecule has 3 heterocycles. The molecule has 3 aromatic heterocycles. The number of thiazole rings is 1. The molecule has 3 aromatic rings. The normalized spacial score (nSPS) is 10.7. The van der Waals surface area contributed by atoms with Crippen molar-refractivity contribution in [3.63, 3.8) is 0 Å². The lowest BCUT2D eigenvalue weighted by Crippen LogP contribution is -2.19. The minimum atomic E-state index is -0.520. The lowest BCUT2D eigenvalue weighted by Gasteiger charge is -2.02. The zero-order valence-electron chi connectivity index (χ0n) is 10.6. The summed E-state index contributed by atoms with van der Waals surface area (Å²) < 4.78 is 1.30. The molecule has 0 saturated heterocycles. The average molecular weight is 319 g/mol. The molecule has 6 nitrogen and oxygen atoms in total. The molecule has 0 N–H and O–H groups in total. The van der Waals surface area contributed by atoms with Gasteiger partial charge in [0.1, 0.15) is 5.01 Å². The average Bonchev–Trinajstić information content (AvgIpc) is 3.11. The van der Waals surface area contributed by atoms with Crippen LogP contribution >= 0.6 is 22.7 Å². The number of thiophene rings is 1. The molecule has 0 spiro atoms. The monoisotopic (exact) mass is 319 g/mol. The Morgan fingerprint density at radius 1 is 1.29 bits per heavy atom. The third kappa shape index (κ3) is 2.91. The zero-order chi connectivity index (χ0) is 14.8. The molecule has 0 radical (unpaired) electrons. The maximum Gasteiger partial charge on any atom is 0.285 e. The van der Waals surface area contributed by atoms with Crippen LogP contribution in [0, 0.1) is 10.1 Å². The van der Waals surface area contributed by atoms with Crippen molar-refractivity contribution in [1.29, 1.82) is 0 Å². The third-order valence-electron chi connectivity index (χ3n) is 2.79. The molecular formula is C13H9N3O3S2. The molecule has 21 heavy (non-hydrogen) atoms. The van der Waals surface area contributed by atoms with Crippen molar-refractivity contribution >= 4 is 28.4 Å². The van der Waals surface area contributed by atoms with E-state index in [0.29, 0.717) is 5.69 Å². The highest BCUT2D eigenvalue weighted by molar-refractivity contribution is 7.20. The van der Waals surface area contributed by atoms with Crippen LogP contribution in [-0.2, 0) is 6.54 Å². The van der Waals surface area contributed by atoms with E-state index < -0.39 is 4.92 Å². The van der Waals surface area contributed by atoms with Gasteiger partial charge in [0.25, 0.3) is 11.2 Å². The highest BCUT2D eigenvalue weighted by Crippen LogP contribution is 2.27. The van der Waals surface area contributed by atoms with Gasteiger partial charge < -0.3 is 4.57 Å². The Morgan fingerprint density at radius 3 is 2.86 bits per heavy atom. The number of nitro groups is 1. The molecular weight excluding hydrogens is 310 g/mol. The summed E-state index contributed by atoms with van der Waals surface area (Å²) >= 11 is 3.09. The van der Waals surface area contributed by atoms with Crippen molar-refractivity contribution in [3.8, 4) is 9.88 Å². The van der Waals surface area contributed by atoms with E-state index in [-0.39, 0.29) is 17.8 Å². The fourth-order valence-corrected chi connectivity index (χ4v) is 3.44. The maximum absolute atomic E-state index is 11.8. The van der Waals surface area contributed by atoms with Gasteiger partial charge in [0.05, 0.1) is 28.2 Å². The fourth-order valence-electron chi connectivity index (χ4n) is 1.82. The number of nitrogens with zero attached hydrogens (tertiary/aromatic N) is 3. The molecule has 0 bridgehead atoms. The van der Waals surface area contributed by atoms with Crippen LogP contribution in [0.4, 0.5) is 5.69 Å². The van der Waals surface area contributed by atoms with Crippen molar-refractivity contribution in [1.82, 2.24) is 9.55 Å².